The molecule has 1 fully saturated rings. The molecule has 2 N–H and O–H groups in total. The number of imidazole rings is 1. The van der Waals surface area contributed by atoms with Crippen LogP contribution in [0.15, 0.2) is 0 Å². The smallest absolute Gasteiger partial charge is 0.108 e. The number of rotatable bonds is 2. The van der Waals surface area contributed by atoms with Gasteiger partial charge in [-0.1, -0.05) is 0 Å². The number of nitrogens with one attached hydrogen (secondary N) is 2. The van der Waals surface area contributed by atoms with Crippen molar-refractivity contribution in [1.29, 1.82) is 0 Å². The lowest BCUT2D eigenvalue weighted by Crippen LogP contribution is -2.50. The van der Waals surface area contributed by atoms with Gasteiger partial charge in [0.05, 0.1) is 5.69 Å². The van der Waals surface area contributed by atoms with Gasteiger partial charge in [-0.15, -0.1) is 0 Å². The first kappa shape index (κ1) is 10.6. The second kappa shape index (κ2) is 4.33. The molecule has 2 rings (SSSR count). The molecular formula is C11H20N4. The lowest BCUT2D eigenvalue weighted by molar-refractivity contribution is 0.197. The minimum atomic E-state index is 0.573. The van der Waals surface area contributed by atoms with E-state index in [0.717, 1.165) is 37.6 Å². The standard InChI is InChI=1S/C11H20N4/c1-8-9(2)14-11(13-8)6-10-7-12-4-5-15(10)3/h10,12H,4-7H2,1-3H3,(H,13,14). The van der Waals surface area contributed by atoms with Crippen molar-refractivity contribution < 1.29 is 0 Å². The molecule has 0 amide bonds. The Hall–Kier alpha value is -0.870. The molecule has 0 aliphatic carbocycles. The quantitative estimate of drug-likeness (QED) is 0.742. The normalized spacial score (nSPS) is 23.3. The highest BCUT2D eigenvalue weighted by Gasteiger charge is 2.20. The molecule has 4 heteroatoms. The zero-order valence-corrected chi connectivity index (χ0v) is 9.80. The van der Waals surface area contributed by atoms with Crippen molar-refractivity contribution in [2.24, 2.45) is 0 Å². The number of nitrogens with zero attached hydrogens (tertiary/aromatic N) is 2. The van der Waals surface area contributed by atoms with Crippen molar-refractivity contribution in [3.63, 3.8) is 0 Å². The Morgan fingerprint density at radius 3 is 2.87 bits per heavy atom. The monoisotopic (exact) mass is 208 g/mol. The van der Waals surface area contributed by atoms with Crippen LogP contribution < -0.4 is 5.32 Å². The number of aromatic amines is 1. The van der Waals surface area contributed by atoms with E-state index in [0.29, 0.717) is 6.04 Å². The van der Waals surface area contributed by atoms with Gasteiger partial charge in [0.15, 0.2) is 0 Å². The molecule has 2 heterocycles. The summed E-state index contributed by atoms with van der Waals surface area (Å²) in [4.78, 5) is 10.3. The third-order valence-electron chi connectivity index (χ3n) is 3.25. The van der Waals surface area contributed by atoms with Crippen LogP contribution in [0.4, 0.5) is 0 Å². The summed E-state index contributed by atoms with van der Waals surface area (Å²) < 4.78 is 0. The maximum absolute atomic E-state index is 4.53. The molecule has 15 heavy (non-hydrogen) atoms. The molecule has 1 atom stereocenters. The van der Waals surface area contributed by atoms with E-state index in [1.807, 2.05) is 0 Å². The van der Waals surface area contributed by atoms with Crippen molar-refractivity contribution in [3.05, 3.63) is 17.2 Å². The number of hydrogen-bond donors (Lipinski definition) is 2. The molecular weight excluding hydrogens is 188 g/mol. The summed E-state index contributed by atoms with van der Waals surface area (Å²) in [5.74, 6) is 1.12. The van der Waals surface area contributed by atoms with E-state index in [1.54, 1.807) is 0 Å². The number of hydrogen-bond acceptors (Lipinski definition) is 3. The third kappa shape index (κ3) is 2.38. The fourth-order valence-electron chi connectivity index (χ4n) is 2.03. The first-order valence-electron chi connectivity index (χ1n) is 5.60. The molecule has 0 bridgehead atoms. The van der Waals surface area contributed by atoms with Crippen LogP contribution >= 0.6 is 0 Å². The van der Waals surface area contributed by atoms with Crippen LogP contribution in [0.3, 0.4) is 0 Å². The van der Waals surface area contributed by atoms with Gasteiger partial charge in [-0.3, -0.25) is 0 Å². The highest BCUT2D eigenvalue weighted by Crippen LogP contribution is 2.09. The van der Waals surface area contributed by atoms with E-state index >= 15 is 0 Å². The Morgan fingerprint density at radius 2 is 2.27 bits per heavy atom. The van der Waals surface area contributed by atoms with E-state index in [4.69, 9.17) is 0 Å². The second-order valence-electron chi connectivity index (χ2n) is 4.44. The Morgan fingerprint density at radius 1 is 1.47 bits per heavy atom. The maximum Gasteiger partial charge on any atom is 0.108 e. The molecule has 0 radical (unpaired) electrons. The SMILES string of the molecule is Cc1nc(CC2CNCCN2C)[nH]c1C. The molecule has 4 nitrogen and oxygen atoms in total. The molecule has 0 saturated carbocycles. The van der Waals surface area contributed by atoms with Crippen LogP contribution in [-0.4, -0.2) is 47.6 Å². The van der Waals surface area contributed by atoms with E-state index < -0.39 is 0 Å². The molecule has 1 saturated heterocycles. The zero-order valence-electron chi connectivity index (χ0n) is 9.80. The Bertz CT molecular complexity index is 312. The summed E-state index contributed by atoms with van der Waals surface area (Å²) in [6.45, 7) is 7.43. The topological polar surface area (TPSA) is 44.0 Å². The zero-order chi connectivity index (χ0) is 10.8. The molecule has 1 aromatic rings. The average molecular weight is 208 g/mol. The van der Waals surface area contributed by atoms with Gasteiger partial charge in [-0.05, 0) is 20.9 Å². The number of aryl methyl sites for hydroxylation is 2. The summed E-state index contributed by atoms with van der Waals surface area (Å²) in [6, 6.07) is 0.573. The Balaban J connectivity index is 2.01. The maximum atomic E-state index is 4.53. The Kier molecular flexibility index (Phi) is 3.07. The van der Waals surface area contributed by atoms with Gasteiger partial charge in [-0.25, -0.2) is 4.98 Å². The second-order valence-corrected chi connectivity index (χ2v) is 4.44. The van der Waals surface area contributed by atoms with Gasteiger partial charge < -0.3 is 15.2 Å². The van der Waals surface area contributed by atoms with Gasteiger partial charge >= 0.3 is 0 Å². The predicted octanol–water partition coefficient (Wildman–Crippen LogP) is 0.473. The van der Waals surface area contributed by atoms with Crippen LogP contribution in [-0.2, 0) is 6.42 Å². The molecule has 0 aromatic carbocycles. The number of aromatic nitrogens is 2. The van der Waals surface area contributed by atoms with Crippen LogP contribution in [0.5, 0.6) is 0 Å². The van der Waals surface area contributed by atoms with E-state index in [1.165, 1.54) is 5.69 Å². The van der Waals surface area contributed by atoms with Crippen molar-refractivity contribution in [2.75, 3.05) is 26.7 Å². The highest BCUT2D eigenvalue weighted by molar-refractivity contribution is 5.11. The van der Waals surface area contributed by atoms with Gasteiger partial charge in [-0.2, -0.15) is 0 Å². The van der Waals surface area contributed by atoms with Crippen molar-refractivity contribution >= 4 is 0 Å². The number of likely N-dealkylation sites (N-methyl/N-ethyl adjacent to an activating group) is 1. The number of piperazine rings is 1. The molecule has 1 aliphatic rings. The molecule has 1 aromatic heterocycles. The average Bonchev–Trinajstić information content (AvgIpc) is 2.50. The largest absolute Gasteiger partial charge is 0.346 e. The first-order chi connectivity index (χ1) is 7.16. The fraction of sp³-hybridized carbons (Fsp3) is 0.727. The lowest BCUT2D eigenvalue weighted by Gasteiger charge is -2.32. The first-order valence-corrected chi connectivity index (χ1v) is 5.60. The van der Waals surface area contributed by atoms with Crippen molar-refractivity contribution in [3.8, 4) is 0 Å². The number of H-pyrrole nitrogens is 1. The Labute approximate surface area is 91.1 Å². The predicted molar refractivity (Wildman–Crippen MR) is 61.1 cm³/mol. The highest BCUT2D eigenvalue weighted by atomic mass is 15.2. The molecule has 84 valence electrons. The minimum absolute atomic E-state index is 0.573. The summed E-state index contributed by atoms with van der Waals surface area (Å²) in [5.41, 5.74) is 2.31. The van der Waals surface area contributed by atoms with Crippen molar-refractivity contribution in [2.45, 2.75) is 26.3 Å². The molecule has 1 aliphatic heterocycles. The third-order valence-corrected chi connectivity index (χ3v) is 3.25. The van der Waals surface area contributed by atoms with Gasteiger partial charge in [0.1, 0.15) is 5.82 Å². The minimum Gasteiger partial charge on any atom is -0.346 e. The van der Waals surface area contributed by atoms with Gasteiger partial charge in [0, 0.05) is 37.8 Å². The van der Waals surface area contributed by atoms with Crippen LogP contribution in [0.1, 0.15) is 17.2 Å². The van der Waals surface area contributed by atoms with E-state index in [9.17, 15) is 0 Å². The van der Waals surface area contributed by atoms with Gasteiger partial charge in [0.25, 0.3) is 0 Å². The van der Waals surface area contributed by atoms with E-state index in [2.05, 4.69) is 41.1 Å². The summed E-state index contributed by atoms with van der Waals surface area (Å²) >= 11 is 0. The fourth-order valence-corrected chi connectivity index (χ4v) is 2.03. The molecule has 1 unspecified atom stereocenters. The van der Waals surface area contributed by atoms with Gasteiger partial charge in [0.2, 0.25) is 0 Å². The van der Waals surface area contributed by atoms with Crippen LogP contribution in [0, 0.1) is 13.8 Å². The van der Waals surface area contributed by atoms with E-state index in [-0.39, 0.29) is 0 Å². The summed E-state index contributed by atoms with van der Waals surface area (Å²) in [7, 11) is 2.19. The van der Waals surface area contributed by atoms with Crippen LogP contribution in [0.2, 0.25) is 0 Å². The van der Waals surface area contributed by atoms with Crippen molar-refractivity contribution in [1.82, 2.24) is 20.2 Å². The summed E-state index contributed by atoms with van der Waals surface area (Å²) in [6.07, 6.45) is 1.01. The molecule has 0 spiro atoms. The summed E-state index contributed by atoms with van der Waals surface area (Å²) in [5, 5.41) is 3.42. The van der Waals surface area contributed by atoms with Crippen LogP contribution in [0.25, 0.3) is 0 Å². The lowest BCUT2D eigenvalue weighted by atomic mass is 10.1.